The third-order valence-corrected chi connectivity index (χ3v) is 7.05. The Morgan fingerprint density at radius 2 is 1.84 bits per heavy atom. The molecule has 1 amide bonds. The lowest BCUT2D eigenvalue weighted by molar-refractivity contribution is 0.102. The molecule has 0 bridgehead atoms. The van der Waals surface area contributed by atoms with E-state index in [-0.39, 0.29) is 5.91 Å². The van der Waals surface area contributed by atoms with Gasteiger partial charge in [0.1, 0.15) is 5.82 Å². The number of hydrogen-bond acceptors (Lipinski definition) is 4. The first kappa shape index (κ1) is 20.5. The molecule has 1 aliphatic rings. The van der Waals surface area contributed by atoms with Gasteiger partial charge in [0.15, 0.2) is 0 Å². The lowest BCUT2D eigenvalue weighted by Gasteiger charge is -2.16. The number of imidazole rings is 1. The van der Waals surface area contributed by atoms with Crippen molar-refractivity contribution in [2.45, 2.75) is 0 Å². The van der Waals surface area contributed by atoms with E-state index in [4.69, 9.17) is 11.6 Å². The van der Waals surface area contributed by atoms with Crippen molar-refractivity contribution >= 4 is 50.1 Å². The maximum atomic E-state index is 12.7. The Labute approximate surface area is 189 Å². The van der Waals surface area contributed by atoms with Gasteiger partial charge >= 0.3 is 10.2 Å². The van der Waals surface area contributed by atoms with Gasteiger partial charge in [0, 0.05) is 29.9 Å². The van der Waals surface area contributed by atoms with E-state index in [9.17, 15) is 13.2 Å². The number of carbonyl (C=O) groups is 1. The van der Waals surface area contributed by atoms with Crippen molar-refractivity contribution < 1.29 is 13.2 Å². The van der Waals surface area contributed by atoms with Gasteiger partial charge in [-0.1, -0.05) is 23.7 Å². The van der Waals surface area contributed by atoms with Gasteiger partial charge in [0.25, 0.3) is 5.91 Å². The van der Waals surface area contributed by atoms with Crippen LogP contribution < -0.4 is 14.3 Å². The number of aromatic amines is 1. The third kappa shape index (κ3) is 3.81. The van der Waals surface area contributed by atoms with Crippen LogP contribution in [0.1, 0.15) is 10.4 Å². The second-order valence-electron chi connectivity index (χ2n) is 7.27. The molecule has 0 radical (unpaired) electrons. The number of aromatic nitrogens is 2. The van der Waals surface area contributed by atoms with Gasteiger partial charge in [-0.3, -0.25) is 9.10 Å². The van der Waals surface area contributed by atoms with E-state index in [2.05, 4.69) is 20.0 Å². The number of rotatable bonds is 4. The molecule has 10 heteroatoms. The molecule has 8 nitrogen and oxygen atoms in total. The number of nitrogens with one attached hydrogen (secondary N) is 3. The molecule has 32 heavy (non-hydrogen) atoms. The average Bonchev–Trinajstić information content (AvgIpc) is 3.37. The van der Waals surface area contributed by atoms with Crippen molar-refractivity contribution in [3.05, 3.63) is 77.3 Å². The fraction of sp³-hybridized carbons (Fsp3) is 0.0909. The maximum absolute atomic E-state index is 12.7. The number of carbonyl (C=O) groups excluding carboxylic acids is 1. The van der Waals surface area contributed by atoms with Gasteiger partial charge in [-0.25, -0.2) is 4.98 Å². The average molecular weight is 468 g/mol. The molecule has 0 saturated carbocycles. The van der Waals surface area contributed by atoms with Crippen LogP contribution in [0.5, 0.6) is 0 Å². The second-order valence-corrected chi connectivity index (χ2v) is 9.36. The summed E-state index contributed by atoms with van der Waals surface area (Å²) in [6.07, 6.45) is 0. The summed E-state index contributed by atoms with van der Waals surface area (Å²) in [5.74, 6) is 0.286. The Bertz CT molecular complexity index is 1400. The fourth-order valence-corrected chi connectivity index (χ4v) is 5.03. The predicted molar refractivity (Wildman–Crippen MR) is 125 cm³/mol. The molecule has 4 aromatic rings. The molecular weight excluding hydrogens is 450 g/mol. The first-order valence-corrected chi connectivity index (χ1v) is 11.7. The van der Waals surface area contributed by atoms with E-state index >= 15 is 0 Å². The first-order chi connectivity index (χ1) is 15.4. The van der Waals surface area contributed by atoms with Gasteiger partial charge in [0.2, 0.25) is 0 Å². The van der Waals surface area contributed by atoms with Crippen molar-refractivity contribution in [1.29, 1.82) is 0 Å². The monoisotopic (exact) mass is 467 g/mol. The second kappa shape index (κ2) is 7.94. The molecular formula is C22H18ClN5O3S. The summed E-state index contributed by atoms with van der Waals surface area (Å²) in [5, 5.41) is 3.36. The topological polar surface area (TPSA) is 107 Å². The Morgan fingerprint density at radius 3 is 2.56 bits per heavy atom. The quantitative estimate of drug-likeness (QED) is 0.424. The zero-order valence-electron chi connectivity index (χ0n) is 16.7. The van der Waals surface area contributed by atoms with E-state index < -0.39 is 10.2 Å². The standard InChI is InChI=1S/C22H18ClN5O3S/c23-18-10-7-15(13-17(18)21-26-19-3-1-2-4-20(19)27-21)25-22(29)14-5-8-16(9-6-14)28-12-11-24-32(28,30)31/h1-10,13,24H,11-12H2,(H,25,29)(H,26,27). The SMILES string of the molecule is O=C(Nc1ccc(Cl)c(-c2nc3ccccc3[nH]2)c1)c1ccc(N2CCNS2(=O)=O)cc1. The van der Waals surface area contributed by atoms with Crippen molar-refractivity contribution in [2.75, 3.05) is 22.7 Å². The number of para-hydroxylation sites is 2. The van der Waals surface area contributed by atoms with Gasteiger partial charge < -0.3 is 10.3 Å². The molecule has 1 saturated heterocycles. The number of amides is 1. The van der Waals surface area contributed by atoms with E-state index in [1.54, 1.807) is 42.5 Å². The number of hydrogen-bond donors (Lipinski definition) is 3. The molecule has 0 aliphatic carbocycles. The highest BCUT2D eigenvalue weighted by Gasteiger charge is 2.27. The van der Waals surface area contributed by atoms with Gasteiger partial charge in [0.05, 0.1) is 21.7 Å². The van der Waals surface area contributed by atoms with Crippen molar-refractivity contribution in [3.63, 3.8) is 0 Å². The Balaban J connectivity index is 1.37. The Kier molecular flexibility index (Phi) is 5.09. The van der Waals surface area contributed by atoms with E-state index in [0.29, 0.717) is 46.4 Å². The Morgan fingerprint density at radius 1 is 1.06 bits per heavy atom. The Hall–Kier alpha value is -3.40. The van der Waals surface area contributed by atoms with E-state index in [1.165, 1.54) is 4.31 Å². The first-order valence-electron chi connectivity index (χ1n) is 9.84. The minimum Gasteiger partial charge on any atom is -0.338 e. The van der Waals surface area contributed by atoms with Crippen LogP contribution in [0.15, 0.2) is 66.7 Å². The smallest absolute Gasteiger partial charge is 0.301 e. The van der Waals surface area contributed by atoms with Crippen LogP contribution in [0.2, 0.25) is 5.02 Å². The summed E-state index contributed by atoms with van der Waals surface area (Å²) >= 11 is 6.38. The summed E-state index contributed by atoms with van der Waals surface area (Å²) in [4.78, 5) is 20.5. The van der Waals surface area contributed by atoms with Crippen LogP contribution in [-0.4, -0.2) is 37.4 Å². The highest BCUT2D eigenvalue weighted by atomic mass is 35.5. The number of fused-ring (bicyclic) bond motifs is 1. The number of H-pyrrole nitrogens is 1. The van der Waals surface area contributed by atoms with Crippen molar-refractivity contribution in [3.8, 4) is 11.4 Å². The van der Waals surface area contributed by atoms with E-state index in [0.717, 1.165) is 11.0 Å². The molecule has 3 N–H and O–H groups in total. The molecule has 2 heterocycles. The highest BCUT2D eigenvalue weighted by molar-refractivity contribution is 7.91. The summed E-state index contributed by atoms with van der Waals surface area (Å²) in [5.41, 5.74) is 3.85. The minimum atomic E-state index is -3.51. The maximum Gasteiger partial charge on any atom is 0.301 e. The number of benzene rings is 3. The lowest BCUT2D eigenvalue weighted by atomic mass is 10.1. The van der Waals surface area contributed by atoms with Crippen LogP contribution in [0, 0.1) is 0 Å². The fourth-order valence-electron chi connectivity index (χ4n) is 3.59. The molecule has 0 spiro atoms. The van der Waals surface area contributed by atoms with Gasteiger partial charge in [-0.15, -0.1) is 0 Å². The summed E-state index contributed by atoms with van der Waals surface area (Å²) in [6.45, 7) is 0.706. The molecule has 5 rings (SSSR count). The zero-order valence-corrected chi connectivity index (χ0v) is 18.2. The zero-order chi connectivity index (χ0) is 22.3. The van der Waals surface area contributed by atoms with Crippen molar-refractivity contribution in [1.82, 2.24) is 14.7 Å². The molecule has 0 atom stereocenters. The molecule has 3 aromatic carbocycles. The molecule has 0 unspecified atom stereocenters. The van der Waals surface area contributed by atoms with Gasteiger partial charge in [-0.2, -0.15) is 13.1 Å². The highest BCUT2D eigenvalue weighted by Crippen LogP contribution is 2.30. The van der Waals surface area contributed by atoms with E-state index in [1.807, 2.05) is 24.3 Å². The van der Waals surface area contributed by atoms with Gasteiger partial charge in [-0.05, 0) is 54.6 Å². The minimum absolute atomic E-state index is 0.322. The van der Waals surface area contributed by atoms with Crippen LogP contribution >= 0.6 is 11.6 Å². The lowest BCUT2D eigenvalue weighted by Crippen LogP contribution is -2.29. The summed E-state index contributed by atoms with van der Waals surface area (Å²) in [7, 11) is -3.51. The van der Waals surface area contributed by atoms with Crippen molar-refractivity contribution in [2.24, 2.45) is 0 Å². The largest absolute Gasteiger partial charge is 0.338 e. The molecule has 162 valence electrons. The molecule has 1 aromatic heterocycles. The summed E-state index contributed by atoms with van der Waals surface area (Å²) in [6, 6.07) is 19.2. The predicted octanol–water partition coefficient (Wildman–Crippen LogP) is 3.79. The molecule has 1 aliphatic heterocycles. The van der Waals surface area contributed by atoms with Crippen LogP contribution in [0.3, 0.4) is 0 Å². The van der Waals surface area contributed by atoms with Crippen LogP contribution in [0.4, 0.5) is 11.4 Å². The number of nitrogens with zero attached hydrogens (tertiary/aromatic N) is 2. The normalized spacial score (nSPS) is 15.2. The van der Waals surface area contributed by atoms with Crippen LogP contribution in [-0.2, 0) is 10.2 Å². The molecule has 1 fully saturated rings. The van der Waals surface area contributed by atoms with Crippen LogP contribution in [0.25, 0.3) is 22.4 Å². The third-order valence-electron chi connectivity index (χ3n) is 5.18. The number of halogens is 1. The summed E-state index contributed by atoms with van der Waals surface area (Å²) < 4.78 is 27.7. The number of anilines is 2.